The molecule has 0 radical (unpaired) electrons. The van der Waals surface area contributed by atoms with Gasteiger partial charge in [-0.15, -0.1) is 0 Å². The second-order valence-corrected chi connectivity index (χ2v) is 16.5. The molecule has 0 atom stereocenters. The van der Waals surface area contributed by atoms with Crippen LogP contribution in [0.2, 0.25) is 0 Å². The molecule has 0 saturated carbocycles. The van der Waals surface area contributed by atoms with Crippen molar-refractivity contribution in [3.63, 3.8) is 0 Å². The van der Waals surface area contributed by atoms with Crippen molar-refractivity contribution in [2.45, 2.75) is 41.5 Å². The molecule has 0 aliphatic heterocycles. The Kier molecular flexibility index (Phi) is 23.8. The molecule has 0 heterocycles. The van der Waals surface area contributed by atoms with Crippen molar-refractivity contribution in [1.29, 1.82) is 0 Å². The number of nitrogens with one attached hydrogen (secondary N) is 4. The van der Waals surface area contributed by atoms with Gasteiger partial charge in [0.2, 0.25) is 0 Å². The van der Waals surface area contributed by atoms with E-state index in [1.54, 1.807) is 61.7 Å². The third kappa shape index (κ3) is 19.1. The Morgan fingerprint density at radius 2 is 0.753 bits per heavy atom. The fourth-order valence-electron chi connectivity index (χ4n) is 7.19. The smallest absolute Gasteiger partial charge is 0.259 e. The lowest BCUT2D eigenvalue weighted by Gasteiger charge is -2.11. The van der Waals surface area contributed by atoms with E-state index < -0.39 is 0 Å². The summed E-state index contributed by atoms with van der Waals surface area (Å²) in [6, 6.07) is 56.8. The molecule has 13 nitrogen and oxygen atoms in total. The average Bonchev–Trinajstić information content (AvgIpc) is 3.43. The molecule has 0 saturated heterocycles. The van der Waals surface area contributed by atoms with Crippen LogP contribution in [-0.2, 0) is 0 Å². The quantitative estimate of drug-likeness (QED) is 0.0695. The molecule has 0 aliphatic carbocycles. The van der Waals surface area contributed by atoms with Gasteiger partial charge in [0.1, 0.15) is 34.6 Å². The number of halogens is 1. The lowest BCUT2D eigenvalue weighted by molar-refractivity contribution is 0.101. The predicted molar refractivity (Wildman–Crippen MR) is 304 cm³/mol. The lowest BCUT2D eigenvalue weighted by atomic mass is 10.1. The molecule has 8 rings (SSSR count). The van der Waals surface area contributed by atoms with Gasteiger partial charge in [-0.25, -0.2) is 4.39 Å². The van der Waals surface area contributed by atoms with E-state index in [-0.39, 0.29) is 29.4 Å². The fraction of sp³-hybridized carbons (Fsp3) is 0.175. The number of carbonyl (C=O) groups excluding carboxylic acids is 4. The molecule has 0 fully saturated rings. The number of amides is 4. The Morgan fingerprint density at radius 3 is 1.18 bits per heavy atom. The highest BCUT2D eigenvalue weighted by Gasteiger charge is 2.15. The van der Waals surface area contributed by atoms with E-state index in [4.69, 9.17) is 23.7 Å². The van der Waals surface area contributed by atoms with Gasteiger partial charge >= 0.3 is 0 Å². The number of benzene rings is 8. The fourth-order valence-corrected chi connectivity index (χ4v) is 7.19. The number of carbonyl (C=O) groups is 4. The standard InChI is InChI=1S/C17H19NO3.C16H17NO2.C15H14FNO2.C15H15NO2/c1-3-20-14-11-9-13(10-12-14)18-17(19)15-7-5-6-8-16(15)21-4-2;1-3-19-15-10-5-4-9-14(15)16(18)17-13-8-6-7-12(2)11-13;1-2-19-14-6-4-3-5-13(14)15(18)17-12-9-7-11(16)8-10-12;1-11-6-3-4-9-14(11)15(17)16-12-7-5-8-13(10-12)18-2/h5-12H,3-4H2,1-2H3,(H,18,19);4-11H,3H2,1-2H3,(H,17,18);3-10H,2H2,1H3,(H,17,18);3-10H,1-2H3,(H,16,17). The van der Waals surface area contributed by atoms with E-state index in [9.17, 15) is 23.6 Å². The van der Waals surface area contributed by atoms with Crippen molar-refractivity contribution >= 4 is 46.4 Å². The molecule has 8 aromatic rings. The van der Waals surface area contributed by atoms with Crippen LogP contribution in [0.4, 0.5) is 27.1 Å². The minimum absolute atomic E-state index is 0.110. The largest absolute Gasteiger partial charge is 0.497 e. The van der Waals surface area contributed by atoms with E-state index in [0.29, 0.717) is 71.6 Å². The van der Waals surface area contributed by atoms with Crippen molar-refractivity contribution in [2.75, 3.05) is 54.8 Å². The van der Waals surface area contributed by atoms with E-state index in [1.807, 2.05) is 157 Å². The van der Waals surface area contributed by atoms with Gasteiger partial charge in [0, 0.05) is 34.4 Å². The Bertz CT molecular complexity index is 3150. The molecule has 0 spiro atoms. The zero-order chi connectivity index (χ0) is 55.4. The van der Waals surface area contributed by atoms with Crippen LogP contribution >= 0.6 is 0 Å². The van der Waals surface area contributed by atoms with Gasteiger partial charge in [-0.2, -0.15) is 0 Å². The van der Waals surface area contributed by atoms with Gasteiger partial charge in [0.05, 0.1) is 50.2 Å². The summed E-state index contributed by atoms with van der Waals surface area (Å²) in [4.78, 5) is 48.7. The van der Waals surface area contributed by atoms with Gasteiger partial charge in [-0.3, -0.25) is 19.2 Å². The minimum Gasteiger partial charge on any atom is -0.497 e. The first-order valence-corrected chi connectivity index (χ1v) is 25.0. The van der Waals surface area contributed by atoms with Crippen molar-refractivity contribution in [2.24, 2.45) is 0 Å². The number of methoxy groups -OCH3 is 1. The summed E-state index contributed by atoms with van der Waals surface area (Å²) >= 11 is 0. The Morgan fingerprint density at radius 1 is 0.377 bits per heavy atom. The molecule has 14 heteroatoms. The van der Waals surface area contributed by atoms with Gasteiger partial charge < -0.3 is 45.0 Å². The zero-order valence-corrected chi connectivity index (χ0v) is 44.4. The molecule has 4 amide bonds. The topological polar surface area (TPSA) is 163 Å². The van der Waals surface area contributed by atoms with Crippen molar-refractivity contribution < 1.29 is 47.3 Å². The second kappa shape index (κ2) is 31.3. The van der Waals surface area contributed by atoms with E-state index in [1.165, 1.54) is 24.3 Å². The van der Waals surface area contributed by atoms with E-state index >= 15 is 0 Å². The molecule has 0 aromatic heterocycles. The summed E-state index contributed by atoms with van der Waals surface area (Å²) in [5.41, 5.74) is 7.04. The first-order chi connectivity index (χ1) is 37.3. The van der Waals surface area contributed by atoms with Crippen LogP contribution in [0.3, 0.4) is 0 Å². The highest BCUT2D eigenvalue weighted by atomic mass is 19.1. The molecule has 4 N–H and O–H groups in total. The SMILES string of the molecule is CCOc1ccc(NC(=O)c2ccccc2OCC)cc1.CCOc1ccccc1C(=O)Nc1ccc(F)cc1.CCOc1ccccc1C(=O)Nc1cccc(C)c1.COc1cccc(NC(=O)c2ccccc2C)c1. The maximum Gasteiger partial charge on any atom is 0.259 e. The summed E-state index contributed by atoms with van der Waals surface area (Å²) in [6.45, 7) is 13.6. The van der Waals surface area contributed by atoms with E-state index in [2.05, 4.69) is 21.3 Å². The van der Waals surface area contributed by atoms with Crippen LogP contribution in [0.25, 0.3) is 0 Å². The van der Waals surface area contributed by atoms with E-state index in [0.717, 1.165) is 39.7 Å². The molecular formula is C63H65FN4O9. The van der Waals surface area contributed by atoms with Gasteiger partial charge in [0.25, 0.3) is 23.6 Å². The summed E-state index contributed by atoms with van der Waals surface area (Å²) in [5.74, 6) is 2.15. The summed E-state index contributed by atoms with van der Waals surface area (Å²) < 4.78 is 39.6. The number of aryl methyl sites for hydroxylation is 2. The molecule has 0 unspecified atom stereocenters. The highest BCUT2D eigenvalue weighted by Crippen LogP contribution is 2.24. The van der Waals surface area contributed by atoms with Gasteiger partial charge in [0.15, 0.2) is 0 Å². The zero-order valence-electron chi connectivity index (χ0n) is 44.4. The third-order valence-electron chi connectivity index (χ3n) is 10.8. The monoisotopic (exact) mass is 1040 g/mol. The second-order valence-electron chi connectivity index (χ2n) is 16.5. The summed E-state index contributed by atoms with van der Waals surface area (Å²) in [6.07, 6.45) is 0. The average molecular weight is 1040 g/mol. The van der Waals surface area contributed by atoms with Crippen LogP contribution in [0.5, 0.6) is 28.7 Å². The van der Waals surface area contributed by atoms with Crippen LogP contribution in [0, 0.1) is 19.7 Å². The molecule has 77 heavy (non-hydrogen) atoms. The first kappa shape index (κ1) is 58.5. The predicted octanol–water partition coefficient (Wildman–Crippen LogP) is 14.1. The minimum atomic E-state index is -0.340. The summed E-state index contributed by atoms with van der Waals surface area (Å²) in [5, 5.41) is 11.3. The maximum atomic E-state index is 12.8. The molecule has 8 aromatic carbocycles. The van der Waals surface area contributed by atoms with Crippen molar-refractivity contribution in [3.05, 3.63) is 233 Å². The van der Waals surface area contributed by atoms with Crippen LogP contribution in [0.15, 0.2) is 194 Å². The van der Waals surface area contributed by atoms with Gasteiger partial charge in [-0.1, -0.05) is 72.8 Å². The number of hydrogen-bond acceptors (Lipinski definition) is 9. The number of para-hydroxylation sites is 3. The van der Waals surface area contributed by atoms with Crippen LogP contribution < -0.4 is 45.0 Å². The summed E-state index contributed by atoms with van der Waals surface area (Å²) in [7, 11) is 1.60. The number of anilines is 4. The molecule has 0 bridgehead atoms. The number of rotatable bonds is 17. The Labute approximate surface area is 450 Å². The molecular weight excluding hydrogens is 976 g/mol. The van der Waals surface area contributed by atoms with Crippen molar-refractivity contribution in [3.8, 4) is 28.7 Å². The maximum absolute atomic E-state index is 12.8. The van der Waals surface area contributed by atoms with Crippen LogP contribution in [0.1, 0.15) is 80.3 Å². The number of ether oxygens (including phenoxy) is 5. The third-order valence-corrected chi connectivity index (χ3v) is 10.8. The molecule has 398 valence electrons. The lowest BCUT2D eigenvalue weighted by Crippen LogP contribution is -2.13. The number of hydrogen-bond donors (Lipinski definition) is 4. The van der Waals surface area contributed by atoms with Gasteiger partial charge in [-0.05, 0) is 168 Å². The first-order valence-electron chi connectivity index (χ1n) is 25.0. The van der Waals surface area contributed by atoms with Crippen LogP contribution in [-0.4, -0.2) is 57.2 Å². The Balaban J connectivity index is 0.000000190. The Hall–Kier alpha value is -9.43. The highest BCUT2D eigenvalue weighted by molar-refractivity contribution is 6.08. The molecule has 0 aliphatic rings. The van der Waals surface area contributed by atoms with Crippen molar-refractivity contribution in [1.82, 2.24) is 0 Å². The normalized spacial score (nSPS) is 9.97.